The molecule has 0 saturated carbocycles. The van der Waals surface area contributed by atoms with Crippen molar-refractivity contribution in [2.45, 2.75) is 6.04 Å². The minimum Gasteiger partial charge on any atom is -0.508 e. The first-order valence-corrected chi connectivity index (χ1v) is 4.48. The molecule has 1 aliphatic rings. The zero-order valence-corrected chi connectivity index (χ0v) is 7.84. The van der Waals surface area contributed by atoms with Crippen LogP contribution in [0.3, 0.4) is 0 Å². The number of rotatable bonds is 3. The fourth-order valence-corrected chi connectivity index (χ4v) is 1.33. The number of nitrogens with one attached hydrogen (secondary N) is 1. The van der Waals surface area contributed by atoms with E-state index in [1.54, 1.807) is 0 Å². The van der Waals surface area contributed by atoms with Crippen molar-refractivity contribution in [3.05, 3.63) is 28.3 Å². The molecule has 0 aliphatic carbocycles. The molecule has 6 nitrogen and oxygen atoms in total. The predicted molar refractivity (Wildman–Crippen MR) is 53.0 cm³/mol. The van der Waals surface area contributed by atoms with Crippen molar-refractivity contribution >= 4 is 11.4 Å². The van der Waals surface area contributed by atoms with E-state index >= 15 is 0 Å². The lowest BCUT2D eigenvalue weighted by Crippen LogP contribution is -2.40. The van der Waals surface area contributed by atoms with E-state index in [9.17, 15) is 10.1 Å². The second-order valence-corrected chi connectivity index (χ2v) is 3.34. The molecule has 0 bridgehead atoms. The van der Waals surface area contributed by atoms with E-state index in [1.165, 1.54) is 12.1 Å². The summed E-state index contributed by atoms with van der Waals surface area (Å²) in [4.78, 5) is 10.2. The smallest absolute Gasteiger partial charge is 0.296 e. The second kappa shape index (κ2) is 3.74. The van der Waals surface area contributed by atoms with Crippen LogP contribution in [0.25, 0.3) is 0 Å². The van der Waals surface area contributed by atoms with Crippen LogP contribution in [0, 0.1) is 10.1 Å². The number of hydrogen-bond acceptors (Lipinski definition) is 5. The summed E-state index contributed by atoms with van der Waals surface area (Å²) in [7, 11) is 0. The van der Waals surface area contributed by atoms with Crippen molar-refractivity contribution in [1.29, 1.82) is 0 Å². The van der Waals surface area contributed by atoms with Crippen LogP contribution in [0.2, 0.25) is 0 Å². The summed E-state index contributed by atoms with van der Waals surface area (Å²) in [6.45, 7) is 1.11. The van der Waals surface area contributed by atoms with Gasteiger partial charge in [0, 0.05) is 0 Å². The molecule has 0 spiro atoms. The molecular weight excluding hydrogens is 200 g/mol. The SMILES string of the molecule is O=[N+]([O-])c1cc(O)ccc1NC1COC1. The third-order valence-electron chi connectivity index (χ3n) is 2.18. The number of phenols is 1. The molecule has 2 rings (SSSR count). The van der Waals surface area contributed by atoms with Gasteiger partial charge in [-0.2, -0.15) is 0 Å². The van der Waals surface area contributed by atoms with Crippen molar-refractivity contribution in [2.24, 2.45) is 0 Å². The molecule has 2 N–H and O–H groups in total. The van der Waals surface area contributed by atoms with E-state index in [2.05, 4.69) is 5.32 Å². The van der Waals surface area contributed by atoms with Gasteiger partial charge in [-0.25, -0.2) is 0 Å². The molecule has 0 atom stereocenters. The van der Waals surface area contributed by atoms with Crippen LogP contribution in [0.5, 0.6) is 5.75 Å². The van der Waals surface area contributed by atoms with Gasteiger partial charge in [-0.3, -0.25) is 10.1 Å². The van der Waals surface area contributed by atoms with Gasteiger partial charge >= 0.3 is 0 Å². The highest BCUT2D eigenvalue weighted by molar-refractivity contribution is 5.64. The quantitative estimate of drug-likeness (QED) is 0.443. The molecule has 1 aromatic carbocycles. The molecule has 0 radical (unpaired) electrons. The van der Waals surface area contributed by atoms with Crippen LogP contribution < -0.4 is 5.32 Å². The monoisotopic (exact) mass is 210 g/mol. The molecule has 80 valence electrons. The summed E-state index contributed by atoms with van der Waals surface area (Å²) >= 11 is 0. The molecule has 1 fully saturated rings. The number of aromatic hydroxyl groups is 1. The summed E-state index contributed by atoms with van der Waals surface area (Å²) < 4.78 is 4.95. The van der Waals surface area contributed by atoms with Crippen LogP contribution >= 0.6 is 0 Å². The fourth-order valence-electron chi connectivity index (χ4n) is 1.33. The van der Waals surface area contributed by atoms with E-state index in [4.69, 9.17) is 9.84 Å². The Balaban J connectivity index is 2.23. The van der Waals surface area contributed by atoms with Gasteiger partial charge < -0.3 is 15.2 Å². The van der Waals surface area contributed by atoms with Crippen molar-refractivity contribution in [2.75, 3.05) is 18.5 Å². The van der Waals surface area contributed by atoms with Crippen LogP contribution in [-0.2, 0) is 4.74 Å². The van der Waals surface area contributed by atoms with Gasteiger partial charge in [0.2, 0.25) is 0 Å². The van der Waals surface area contributed by atoms with E-state index < -0.39 is 4.92 Å². The number of nitro groups is 1. The summed E-state index contributed by atoms with van der Waals surface area (Å²) in [6, 6.07) is 4.15. The Morgan fingerprint density at radius 1 is 1.53 bits per heavy atom. The van der Waals surface area contributed by atoms with Crippen LogP contribution in [0.1, 0.15) is 0 Å². The zero-order valence-electron chi connectivity index (χ0n) is 7.84. The Kier molecular flexibility index (Phi) is 2.42. The number of phenolic OH excluding ortho intramolecular Hbond substituents is 1. The molecule has 0 amide bonds. The molecule has 1 saturated heterocycles. The van der Waals surface area contributed by atoms with E-state index in [0.717, 1.165) is 6.07 Å². The number of anilines is 1. The molecule has 0 aromatic heterocycles. The maximum Gasteiger partial charge on any atom is 0.296 e. The molecule has 0 unspecified atom stereocenters. The lowest BCUT2D eigenvalue weighted by atomic mass is 10.2. The normalized spacial score (nSPS) is 15.7. The third-order valence-corrected chi connectivity index (χ3v) is 2.18. The van der Waals surface area contributed by atoms with Crippen LogP contribution in [0.15, 0.2) is 18.2 Å². The number of nitrogens with zero attached hydrogens (tertiary/aromatic N) is 1. The zero-order chi connectivity index (χ0) is 10.8. The van der Waals surface area contributed by atoms with Crippen molar-refractivity contribution in [1.82, 2.24) is 0 Å². The molecular formula is C9H10N2O4. The maximum absolute atomic E-state index is 10.7. The summed E-state index contributed by atoms with van der Waals surface area (Å²) in [5.41, 5.74) is 0.285. The summed E-state index contributed by atoms with van der Waals surface area (Å²) in [6.07, 6.45) is 0. The number of hydrogen-bond donors (Lipinski definition) is 2. The largest absolute Gasteiger partial charge is 0.508 e. The average Bonchev–Trinajstić information content (AvgIpc) is 2.12. The lowest BCUT2D eigenvalue weighted by Gasteiger charge is -2.27. The van der Waals surface area contributed by atoms with Gasteiger partial charge in [-0.15, -0.1) is 0 Å². The van der Waals surface area contributed by atoms with Gasteiger partial charge in [0.15, 0.2) is 0 Å². The highest BCUT2D eigenvalue weighted by Crippen LogP contribution is 2.29. The Hall–Kier alpha value is -1.82. The van der Waals surface area contributed by atoms with Gasteiger partial charge in [-0.05, 0) is 12.1 Å². The van der Waals surface area contributed by atoms with Gasteiger partial charge in [0.05, 0.1) is 30.2 Å². The van der Waals surface area contributed by atoms with Crippen molar-refractivity contribution in [3.63, 3.8) is 0 Å². The predicted octanol–water partition coefficient (Wildman–Crippen LogP) is 1.11. The molecule has 1 aromatic rings. The second-order valence-electron chi connectivity index (χ2n) is 3.34. The van der Waals surface area contributed by atoms with Gasteiger partial charge in [-0.1, -0.05) is 0 Å². The Bertz CT molecular complexity index is 390. The Morgan fingerprint density at radius 2 is 2.27 bits per heavy atom. The number of ether oxygens (including phenoxy) is 1. The van der Waals surface area contributed by atoms with Crippen molar-refractivity contribution in [3.8, 4) is 5.75 Å². The minimum absolute atomic E-state index is 0.114. The topological polar surface area (TPSA) is 84.6 Å². The van der Waals surface area contributed by atoms with E-state index in [0.29, 0.717) is 18.9 Å². The number of benzene rings is 1. The molecule has 1 heterocycles. The van der Waals surface area contributed by atoms with E-state index in [-0.39, 0.29) is 17.5 Å². The summed E-state index contributed by atoms with van der Waals surface area (Å²) in [5, 5.41) is 22.8. The average molecular weight is 210 g/mol. The Morgan fingerprint density at radius 3 is 2.80 bits per heavy atom. The highest BCUT2D eigenvalue weighted by Gasteiger charge is 2.22. The van der Waals surface area contributed by atoms with E-state index in [1.807, 2.05) is 0 Å². The van der Waals surface area contributed by atoms with Crippen LogP contribution in [-0.4, -0.2) is 29.3 Å². The molecule has 15 heavy (non-hydrogen) atoms. The minimum atomic E-state index is -0.526. The Labute approximate surface area is 85.6 Å². The highest BCUT2D eigenvalue weighted by atomic mass is 16.6. The summed E-state index contributed by atoms with van der Waals surface area (Å²) in [5.74, 6) is -0.114. The van der Waals surface area contributed by atoms with Crippen molar-refractivity contribution < 1.29 is 14.8 Å². The third kappa shape index (κ3) is 1.99. The lowest BCUT2D eigenvalue weighted by molar-refractivity contribution is -0.384. The molecule has 1 aliphatic heterocycles. The first kappa shape index (κ1) is 9.72. The van der Waals surface area contributed by atoms with Crippen LogP contribution in [0.4, 0.5) is 11.4 Å². The van der Waals surface area contributed by atoms with Gasteiger partial charge in [0.25, 0.3) is 5.69 Å². The first-order valence-electron chi connectivity index (χ1n) is 4.48. The standard InChI is InChI=1S/C9H10N2O4/c12-7-1-2-8(9(3-7)11(13)14)10-6-4-15-5-6/h1-3,6,10,12H,4-5H2. The fraction of sp³-hybridized carbons (Fsp3) is 0.333. The number of nitro benzene ring substituents is 1. The molecule has 6 heteroatoms. The first-order chi connectivity index (χ1) is 7.16. The maximum atomic E-state index is 10.7. The van der Waals surface area contributed by atoms with Gasteiger partial charge in [0.1, 0.15) is 11.4 Å².